The van der Waals surface area contributed by atoms with E-state index in [9.17, 15) is 4.79 Å². The molecule has 0 spiro atoms. The van der Waals surface area contributed by atoms with Crippen LogP contribution < -0.4 is 5.32 Å². The molecule has 6 nitrogen and oxygen atoms in total. The lowest BCUT2D eigenvalue weighted by molar-refractivity contribution is 0.0945. The highest BCUT2D eigenvalue weighted by molar-refractivity contribution is 6.30. The zero-order chi connectivity index (χ0) is 16.9. The molecule has 0 unspecified atom stereocenters. The third-order valence-corrected chi connectivity index (χ3v) is 3.71. The van der Waals surface area contributed by atoms with Crippen LogP contribution >= 0.6 is 11.6 Å². The van der Waals surface area contributed by atoms with E-state index >= 15 is 0 Å². The predicted molar refractivity (Wildman–Crippen MR) is 91.2 cm³/mol. The Labute approximate surface area is 143 Å². The van der Waals surface area contributed by atoms with Gasteiger partial charge in [-0.1, -0.05) is 28.9 Å². The summed E-state index contributed by atoms with van der Waals surface area (Å²) in [6.07, 6.45) is 1.67. The quantitative estimate of drug-likeness (QED) is 0.745. The summed E-state index contributed by atoms with van der Waals surface area (Å²) in [4.78, 5) is 11.9. The highest BCUT2D eigenvalue weighted by atomic mass is 35.5. The summed E-state index contributed by atoms with van der Waals surface area (Å²) in [7, 11) is 0. The number of nitrogens with zero attached hydrogens (tertiary/aromatic N) is 3. The number of amides is 1. The summed E-state index contributed by atoms with van der Waals surface area (Å²) in [5.74, 6) is -0.230. The van der Waals surface area contributed by atoms with Gasteiger partial charge in [0, 0.05) is 22.7 Å². The van der Waals surface area contributed by atoms with E-state index in [4.69, 9.17) is 16.7 Å². The summed E-state index contributed by atoms with van der Waals surface area (Å²) in [5.41, 5.74) is 3.06. The summed E-state index contributed by atoms with van der Waals surface area (Å²) in [6.45, 7) is 0.137. The van der Waals surface area contributed by atoms with Crippen molar-refractivity contribution in [2.75, 3.05) is 13.2 Å². The lowest BCUT2D eigenvalue weighted by Gasteiger charge is -2.08. The molecule has 3 rings (SSSR count). The van der Waals surface area contributed by atoms with E-state index in [0.717, 1.165) is 16.9 Å². The molecule has 0 atom stereocenters. The molecule has 7 heteroatoms. The minimum Gasteiger partial charge on any atom is -0.395 e. The standard InChI is InChI=1S/C17H15ClN4O2/c18-14-5-1-12(2-6-14)16-11-20-21-22(16)15-7-3-13(4-8-15)17(24)19-9-10-23/h1-8,11,23H,9-10H2,(H,19,24). The van der Waals surface area contributed by atoms with E-state index in [0.29, 0.717) is 10.6 Å². The fraction of sp³-hybridized carbons (Fsp3) is 0.118. The normalized spacial score (nSPS) is 10.6. The van der Waals surface area contributed by atoms with Crippen LogP contribution in [0.1, 0.15) is 10.4 Å². The molecule has 0 saturated heterocycles. The molecule has 0 fully saturated rings. The van der Waals surface area contributed by atoms with Crippen LogP contribution in [0.2, 0.25) is 5.02 Å². The number of rotatable bonds is 5. The minimum atomic E-state index is -0.230. The molecule has 3 aromatic rings. The molecule has 0 bridgehead atoms. The van der Waals surface area contributed by atoms with E-state index < -0.39 is 0 Å². The lowest BCUT2D eigenvalue weighted by Crippen LogP contribution is -2.26. The zero-order valence-electron chi connectivity index (χ0n) is 12.7. The van der Waals surface area contributed by atoms with Crippen LogP contribution in [-0.4, -0.2) is 39.2 Å². The molecule has 1 aromatic heterocycles. The maximum atomic E-state index is 11.9. The van der Waals surface area contributed by atoms with Crippen molar-refractivity contribution in [1.29, 1.82) is 0 Å². The van der Waals surface area contributed by atoms with Gasteiger partial charge in [0.05, 0.1) is 24.2 Å². The number of hydrogen-bond acceptors (Lipinski definition) is 4. The second kappa shape index (κ2) is 7.25. The number of aromatic nitrogens is 3. The predicted octanol–water partition coefficient (Wildman–Crippen LogP) is 2.31. The SMILES string of the molecule is O=C(NCCO)c1ccc(-n2nncc2-c2ccc(Cl)cc2)cc1. The van der Waals surface area contributed by atoms with Crippen LogP contribution in [0.5, 0.6) is 0 Å². The van der Waals surface area contributed by atoms with Crippen LogP contribution in [0.4, 0.5) is 0 Å². The van der Waals surface area contributed by atoms with Gasteiger partial charge in [0.25, 0.3) is 5.91 Å². The fourth-order valence-corrected chi connectivity index (χ4v) is 2.39. The van der Waals surface area contributed by atoms with Gasteiger partial charge in [-0.05, 0) is 36.4 Å². The van der Waals surface area contributed by atoms with Crippen LogP contribution in [0.25, 0.3) is 16.9 Å². The highest BCUT2D eigenvalue weighted by Crippen LogP contribution is 2.23. The molecule has 1 amide bonds. The molecular formula is C17H15ClN4O2. The summed E-state index contributed by atoms with van der Waals surface area (Å²) >= 11 is 5.92. The summed E-state index contributed by atoms with van der Waals surface area (Å²) < 4.78 is 1.69. The average molecular weight is 343 g/mol. The Morgan fingerprint density at radius 1 is 1.12 bits per heavy atom. The number of aliphatic hydroxyl groups excluding tert-OH is 1. The Balaban J connectivity index is 1.87. The molecule has 0 aliphatic rings. The largest absolute Gasteiger partial charge is 0.395 e. The maximum Gasteiger partial charge on any atom is 0.251 e. The molecule has 24 heavy (non-hydrogen) atoms. The molecule has 1 heterocycles. The van der Waals surface area contributed by atoms with Gasteiger partial charge in [0.2, 0.25) is 0 Å². The Kier molecular flexibility index (Phi) is 4.88. The Morgan fingerprint density at radius 2 is 1.83 bits per heavy atom. The van der Waals surface area contributed by atoms with Crippen molar-refractivity contribution in [3.63, 3.8) is 0 Å². The molecule has 0 radical (unpaired) electrons. The molecule has 0 aliphatic heterocycles. The first-order valence-electron chi connectivity index (χ1n) is 7.35. The van der Waals surface area contributed by atoms with Gasteiger partial charge in [-0.25, -0.2) is 4.68 Å². The number of aliphatic hydroxyl groups is 1. The first-order chi connectivity index (χ1) is 11.7. The van der Waals surface area contributed by atoms with Crippen molar-refractivity contribution in [3.8, 4) is 16.9 Å². The van der Waals surface area contributed by atoms with E-state index in [1.54, 1.807) is 35.1 Å². The monoisotopic (exact) mass is 342 g/mol. The van der Waals surface area contributed by atoms with Gasteiger partial charge in [-0.2, -0.15) is 0 Å². The van der Waals surface area contributed by atoms with E-state index in [2.05, 4.69) is 15.6 Å². The zero-order valence-corrected chi connectivity index (χ0v) is 13.4. The van der Waals surface area contributed by atoms with Crippen molar-refractivity contribution in [3.05, 3.63) is 65.3 Å². The van der Waals surface area contributed by atoms with E-state index in [1.807, 2.05) is 24.3 Å². The Morgan fingerprint density at radius 3 is 2.50 bits per heavy atom. The van der Waals surface area contributed by atoms with Gasteiger partial charge in [-0.15, -0.1) is 5.10 Å². The molecule has 0 saturated carbocycles. The van der Waals surface area contributed by atoms with Gasteiger partial charge < -0.3 is 10.4 Å². The summed E-state index contributed by atoms with van der Waals surface area (Å²) in [5, 5.41) is 20.1. The van der Waals surface area contributed by atoms with Crippen LogP contribution in [0.3, 0.4) is 0 Å². The van der Waals surface area contributed by atoms with Crippen molar-refractivity contribution < 1.29 is 9.90 Å². The number of halogens is 1. The first-order valence-corrected chi connectivity index (χ1v) is 7.73. The molecule has 2 N–H and O–H groups in total. The smallest absolute Gasteiger partial charge is 0.251 e. The first kappa shape index (κ1) is 16.2. The van der Waals surface area contributed by atoms with E-state index in [1.165, 1.54) is 0 Å². The topological polar surface area (TPSA) is 80.0 Å². The molecular weight excluding hydrogens is 328 g/mol. The number of nitrogens with one attached hydrogen (secondary N) is 1. The van der Waals surface area contributed by atoms with Gasteiger partial charge in [-0.3, -0.25) is 4.79 Å². The number of benzene rings is 2. The van der Waals surface area contributed by atoms with Crippen molar-refractivity contribution in [1.82, 2.24) is 20.3 Å². The highest BCUT2D eigenvalue weighted by Gasteiger charge is 2.10. The Hall–Kier alpha value is -2.70. The number of carbonyl (C=O) groups excluding carboxylic acids is 1. The molecule has 122 valence electrons. The molecule has 2 aromatic carbocycles. The maximum absolute atomic E-state index is 11.9. The summed E-state index contributed by atoms with van der Waals surface area (Å²) in [6, 6.07) is 14.4. The lowest BCUT2D eigenvalue weighted by atomic mass is 10.1. The number of carbonyl (C=O) groups is 1. The van der Waals surface area contributed by atoms with Crippen molar-refractivity contribution in [2.24, 2.45) is 0 Å². The van der Waals surface area contributed by atoms with Gasteiger partial charge >= 0.3 is 0 Å². The fourth-order valence-electron chi connectivity index (χ4n) is 2.27. The average Bonchev–Trinajstić information content (AvgIpc) is 3.10. The van der Waals surface area contributed by atoms with E-state index in [-0.39, 0.29) is 19.1 Å². The van der Waals surface area contributed by atoms with Crippen LogP contribution in [0, 0.1) is 0 Å². The Bertz CT molecular complexity index is 829. The van der Waals surface area contributed by atoms with Gasteiger partial charge in [0.15, 0.2) is 0 Å². The van der Waals surface area contributed by atoms with Crippen LogP contribution in [-0.2, 0) is 0 Å². The third-order valence-electron chi connectivity index (χ3n) is 3.46. The number of hydrogen-bond donors (Lipinski definition) is 2. The van der Waals surface area contributed by atoms with Crippen LogP contribution in [0.15, 0.2) is 54.7 Å². The van der Waals surface area contributed by atoms with Crippen molar-refractivity contribution >= 4 is 17.5 Å². The second-order valence-electron chi connectivity index (χ2n) is 5.06. The second-order valence-corrected chi connectivity index (χ2v) is 5.50. The molecule has 0 aliphatic carbocycles. The minimum absolute atomic E-state index is 0.0900. The third kappa shape index (κ3) is 3.45. The van der Waals surface area contributed by atoms with Gasteiger partial charge in [0.1, 0.15) is 0 Å². The van der Waals surface area contributed by atoms with Crippen molar-refractivity contribution in [2.45, 2.75) is 0 Å².